The second kappa shape index (κ2) is 4.44. The maximum Gasteiger partial charge on any atom is 0.279 e. The number of halogens is 1. The number of fused-ring (bicyclic) bond motifs is 1. The molecule has 88 valence electrons. The lowest BCUT2D eigenvalue weighted by Gasteiger charge is -1.98. The van der Waals surface area contributed by atoms with E-state index in [-0.39, 0.29) is 5.76 Å². The van der Waals surface area contributed by atoms with Crippen LogP contribution in [0.1, 0.15) is 5.76 Å². The molecule has 18 heavy (non-hydrogen) atoms. The van der Waals surface area contributed by atoms with Gasteiger partial charge in [-0.25, -0.2) is 0 Å². The lowest BCUT2D eigenvalue weighted by Crippen LogP contribution is -1.84. The largest absolute Gasteiger partial charge is 0.442 e. The molecule has 0 atom stereocenters. The molecule has 0 aliphatic rings. The molecule has 0 aliphatic heterocycles. The summed E-state index contributed by atoms with van der Waals surface area (Å²) in [5.41, 5.74) is 0.625. The molecule has 2 aromatic heterocycles. The standard InChI is InChI=1S/C12H5BrN2O2S/c13-10-6-18-12(15-10)17-11-7-3-1-2-4-8(7)16-9(11)5-14/h1-4,6H. The number of benzene rings is 1. The smallest absolute Gasteiger partial charge is 0.279 e. The molecule has 4 nitrogen and oxygen atoms in total. The quantitative estimate of drug-likeness (QED) is 0.705. The summed E-state index contributed by atoms with van der Waals surface area (Å²) in [5, 5.41) is 12.1. The van der Waals surface area contributed by atoms with E-state index in [9.17, 15) is 0 Å². The fourth-order valence-electron chi connectivity index (χ4n) is 1.57. The number of para-hydroxylation sites is 1. The van der Waals surface area contributed by atoms with Crippen molar-refractivity contribution in [1.29, 1.82) is 5.26 Å². The van der Waals surface area contributed by atoms with Crippen LogP contribution in [-0.4, -0.2) is 4.98 Å². The minimum absolute atomic E-state index is 0.155. The van der Waals surface area contributed by atoms with Gasteiger partial charge in [0.2, 0.25) is 5.76 Å². The highest BCUT2D eigenvalue weighted by atomic mass is 79.9. The Balaban J connectivity index is 2.13. The Bertz CT molecular complexity index is 757. The molecule has 0 aliphatic carbocycles. The molecule has 0 N–H and O–H groups in total. The Morgan fingerprint density at radius 3 is 2.94 bits per heavy atom. The zero-order chi connectivity index (χ0) is 12.5. The normalized spacial score (nSPS) is 10.4. The number of furan rings is 1. The van der Waals surface area contributed by atoms with E-state index < -0.39 is 0 Å². The van der Waals surface area contributed by atoms with Crippen molar-refractivity contribution in [3.05, 3.63) is 40.0 Å². The van der Waals surface area contributed by atoms with Crippen LogP contribution in [0.25, 0.3) is 11.0 Å². The summed E-state index contributed by atoms with van der Waals surface area (Å²) < 4.78 is 11.7. The Morgan fingerprint density at radius 1 is 1.39 bits per heavy atom. The Labute approximate surface area is 115 Å². The number of aromatic nitrogens is 1. The number of ether oxygens (including phenoxy) is 1. The predicted octanol–water partition coefficient (Wildman–Crippen LogP) is 4.32. The van der Waals surface area contributed by atoms with Crippen molar-refractivity contribution in [2.45, 2.75) is 0 Å². The topological polar surface area (TPSA) is 59.0 Å². The highest BCUT2D eigenvalue weighted by Gasteiger charge is 2.17. The van der Waals surface area contributed by atoms with Gasteiger partial charge in [-0.3, -0.25) is 0 Å². The van der Waals surface area contributed by atoms with Crippen molar-refractivity contribution >= 4 is 38.2 Å². The fourth-order valence-corrected chi connectivity index (χ4v) is 2.66. The van der Waals surface area contributed by atoms with Crippen LogP contribution in [0.15, 0.2) is 38.7 Å². The van der Waals surface area contributed by atoms with Gasteiger partial charge in [-0.1, -0.05) is 23.5 Å². The molecule has 1 aromatic carbocycles. The van der Waals surface area contributed by atoms with E-state index in [2.05, 4.69) is 20.9 Å². The van der Waals surface area contributed by atoms with Gasteiger partial charge in [0, 0.05) is 5.38 Å². The molecule has 0 saturated carbocycles. The van der Waals surface area contributed by atoms with Crippen LogP contribution in [0.2, 0.25) is 0 Å². The average molecular weight is 321 g/mol. The van der Waals surface area contributed by atoms with Crippen LogP contribution < -0.4 is 4.74 Å². The summed E-state index contributed by atoms with van der Waals surface area (Å²) in [6, 6.07) is 9.33. The molecular formula is C12H5BrN2O2S. The summed E-state index contributed by atoms with van der Waals surface area (Å²) in [6.07, 6.45) is 0. The average Bonchev–Trinajstić information content (AvgIpc) is 2.94. The highest BCUT2D eigenvalue weighted by Crippen LogP contribution is 2.37. The number of hydrogen-bond donors (Lipinski definition) is 0. The Kier molecular flexibility index (Phi) is 2.78. The molecule has 6 heteroatoms. The van der Waals surface area contributed by atoms with E-state index in [1.165, 1.54) is 11.3 Å². The molecule has 0 bridgehead atoms. The zero-order valence-corrected chi connectivity index (χ0v) is 11.3. The first-order valence-corrected chi connectivity index (χ1v) is 6.65. The third-order valence-corrected chi connectivity index (χ3v) is 3.72. The van der Waals surface area contributed by atoms with Gasteiger partial charge in [0.25, 0.3) is 5.19 Å². The minimum Gasteiger partial charge on any atom is -0.442 e. The molecule has 2 heterocycles. The van der Waals surface area contributed by atoms with Crippen LogP contribution in [0.3, 0.4) is 0 Å². The monoisotopic (exact) mass is 320 g/mol. The second-order valence-corrected chi connectivity index (χ2v) is 5.04. The lowest BCUT2D eigenvalue weighted by atomic mass is 10.2. The first-order valence-electron chi connectivity index (χ1n) is 4.98. The fraction of sp³-hybridized carbons (Fsp3) is 0. The van der Waals surface area contributed by atoms with E-state index in [1.54, 1.807) is 6.07 Å². The zero-order valence-electron chi connectivity index (χ0n) is 8.88. The number of nitriles is 1. The maximum absolute atomic E-state index is 9.05. The molecule has 3 rings (SSSR count). The van der Waals surface area contributed by atoms with Gasteiger partial charge in [0.05, 0.1) is 5.39 Å². The Morgan fingerprint density at radius 2 is 2.22 bits per heavy atom. The van der Waals surface area contributed by atoms with Crippen molar-refractivity contribution in [2.24, 2.45) is 0 Å². The summed E-state index contributed by atoms with van der Waals surface area (Å²) in [6.45, 7) is 0. The molecule has 0 fully saturated rings. The molecule has 0 spiro atoms. The van der Waals surface area contributed by atoms with Gasteiger partial charge in [0.1, 0.15) is 16.3 Å². The summed E-state index contributed by atoms with van der Waals surface area (Å²) in [7, 11) is 0. The molecule has 0 saturated heterocycles. The van der Waals surface area contributed by atoms with E-state index >= 15 is 0 Å². The summed E-state index contributed by atoms with van der Waals surface area (Å²) >= 11 is 4.60. The first kappa shape index (κ1) is 11.3. The number of thiazole rings is 1. The van der Waals surface area contributed by atoms with Crippen LogP contribution in [0.5, 0.6) is 10.9 Å². The highest BCUT2D eigenvalue weighted by molar-refractivity contribution is 9.10. The minimum atomic E-state index is 0.155. The van der Waals surface area contributed by atoms with Crippen molar-refractivity contribution in [3.63, 3.8) is 0 Å². The summed E-state index contributed by atoms with van der Waals surface area (Å²) in [4.78, 5) is 4.13. The van der Waals surface area contributed by atoms with Crippen LogP contribution in [0.4, 0.5) is 0 Å². The molecule has 0 radical (unpaired) electrons. The van der Waals surface area contributed by atoms with Crippen molar-refractivity contribution in [3.8, 4) is 17.0 Å². The molecule has 0 amide bonds. The maximum atomic E-state index is 9.05. The third-order valence-electron chi connectivity index (χ3n) is 2.30. The van der Waals surface area contributed by atoms with Crippen molar-refractivity contribution in [1.82, 2.24) is 4.98 Å². The van der Waals surface area contributed by atoms with Crippen LogP contribution in [0, 0.1) is 11.3 Å². The van der Waals surface area contributed by atoms with Crippen molar-refractivity contribution < 1.29 is 9.15 Å². The SMILES string of the molecule is N#Cc1oc2ccccc2c1Oc1nc(Br)cs1. The van der Waals surface area contributed by atoms with Crippen LogP contribution in [-0.2, 0) is 0 Å². The lowest BCUT2D eigenvalue weighted by molar-refractivity contribution is 0.463. The van der Waals surface area contributed by atoms with Gasteiger partial charge in [-0.05, 0) is 28.1 Å². The number of hydrogen-bond acceptors (Lipinski definition) is 5. The van der Waals surface area contributed by atoms with E-state index in [4.69, 9.17) is 14.4 Å². The summed E-state index contributed by atoms with van der Waals surface area (Å²) in [5.74, 6) is 0.567. The number of rotatable bonds is 2. The van der Waals surface area contributed by atoms with E-state index in [0.29, 0.717) is 21.1 Å². The van der Waals surface area contributed by atoms with Gasteiger partial charge < -0.3 is 9.15 Å². The first-order chi connectivity index (χ1) is 8.78. The van der Waals surface area contributed by atoms with Gasteiger partial charge in [-0.15, -0.1) is 0 Å². The van der Waals surface area contributed by atoms with Gasteiger partial charge in [0.15, 0.2) is 5.75 Å². The van der Waals surface area contributed by atoms with Gasteiger partial charge in [-0.2, -0.15) is 10.2 Å². The second-order valence-electron chi connectivity index (χ2n) is 3.41. The number of nitrogens with zero attached hydrogens (tertiary/aromatic N) is 2. The van der Waals surface area contributed by atoms with E-state index in [1.807, 2.05) is 29.6 Å². The van der Waals surface area contributed by atoms with E-state index in [0.717, 1.165) is 5.39 Å². The third kappa shape index (κ3) is 1.88. The predicted molar refractivity (Wildman–Crippen MR) is 70.8 cm³/mol. The molecule has 0 unspecified atom stereocenters. The van der Waals surface area contributed by atoms with Gasteiger partial charge >= 0.3 is 0 Å². The van der Waals surface area contributed by atoms with Crippen LogP contribution >= 0.6 is 27.3 Å². The molecular weight excluding hydrogens is 316 g/mol. The van der Waals surface area contributed by atoms with Crippen molar-refractivity contribution in [2.75, 3.05) is 0 Å². The molecule has 3 aromatic rings. The Hall–Kier alpha value is -1.84.